The molecular formula is C16H22ClN3O3S. The molecular weight excluding hydrogens is 350 g/mol. The normalized spacial score (nSPS) is 20.8. The maximum absolute atomic E-state index is 12.5. The Bertz CT molecular complexity index is 575. The van der Waals surface area contributed by atoms with E-state index in [-0.39, 0.29) is 30.3 Å². The summed E-state index contributed by atoms with van der Waals surface area (Å²) < 4.78 is 5.30. The van der Waals surface area contributed by atoms with Crippen LogP contribution in [0.4, 0.5) is 5.69 Å². The van der Waals surface area contributed by atoms with Crippen LogP contribution in [-0.2, 0) is 9.53 Å². The fourth-order valence-corrected chi connectivity index (χ4v) is 3.55. The first kappa shape index (κ1) is 19.1. The second kappa shape index (κ2) is 9.27. The standard InChI is InChI=1S/C16H21N3O3S.ClH/c20-15(14-11-22-7-4-17-14)18-13-3-1-2-12(10-13)16(21)19-5-8-23-9-6-19;/h1-3,10,14,17H,4-9,11H2,(H,18,20);1H. The number of amides is 2. The van der Waals surface area contributed by atoms with Crippen LogP contribution in [0.15, 0.2) is 24.3 Å². The molecule has 0 spiro atoms. The molecule has 2 saturated heterocycles. The molecule has 2 amide bonds. The van der Waals surface area contributed by atoms with Gasteiger partial charge in [0.15, 0.2) is 0 Å². The van der Waals surface area contributed by atoms with E-state index < -0.39 is 0 Å². The Balaban J connectivity index is 0.00000208. The van der Waals surface area contributed by atoms with Gasteiger partial charge in [0.1, 0.15) is 6.04 Å². The number of nitrogens with zero attached hydrogens (tertiary/aromatic N) is 1. The zero-order chi connectivity index (χ0) is 16.1. The molecule has 0 aliphatic carbocycles. The summed E-state index contributed by atoms with van der Waals surface area (Å²) in [6.45, 7) is 3.23. The fraction of sp³-hybridized carbons (Fsp3) is 0.500. The topological polar surface area (TPSA) is 70.7 Å². The summed E-state index contributed by atoms with van der Waals surface area (Å²) in [5.41, 5.74) is 1.25. The maximum Gasteiger partial charge on any atom is 0.253 e. The number of hydrogen-bond donors (Lipinski definition) is 2. The lowest BCUT2D eigenvalue weighted by molar-refractivity contribution is -0.120. The number of carbonyl (C=O) groups excluding carboxylic acids is 2. The first-order valence-electron chi connectivity index (χ1n) is 7.83. The van der Waals surface area contributed by atoms with Crippen LogP contribution in [0.2, 0.25) is 0 Å². The van der Waals surface area contributed by atoms with Crippen LogP contribution in [-0.4, -0.2) is 67.1 Å². The zero-order valence-corrected chi connectivity index (χ0v) is 15.0. The molecule has 0 radical (unpaired) electrons. The van der Waals surface area contributed by atoms with Crippen molar-refractivity contribution in [3.8, 4) is 0 Å². The quantitative estimate of drug-likeness (QED) is 0.836. The first-order chi connectivity index (χ1) is 11.2. The van der Waals surface area contributed by atoms with Gasteiger partial charge in [-0.1, -0.05) is 6.07 Å². The summed E-state index contributed by atoms with van der Waals surface area (Å²) in [6.07, 6.45) is 0. The largest absolute Gasteiger partial charge is 0.378 e. The van der Waals surface area contributed by atoms with Crippen LogP contribution in [0.3, 0.4) is 0 Å². The third kappa shape index (κ3) is 4.86. The van der Waals surface area contributed by atoms with Crippen molar-refractivity contribution in [2.24, 2.45) is 0 Å². The molecule has 2 N–H and O–H groups in total. The first-order valence-corrected chi connectivity index (χ1v) is 8.98. The molecule has 24 heavy (non-hydrogen) atoms. The molecule has 0 bridgehead atoms. The van der Waals surface area contributed by atoms with Crippen molar-refractivity contribution in [1.29, 1.82) is 0 Å². The van der Waals surface area contributed by atoms with Gasteiger partial charge in [-0.05, 0) is 18.2 Å². The Hall–Kier alpha value is -1.28. The maximum atomic E-state index is 12.5. The zero-order valence-electron chi connectivity index (χ0n) is 13.3. The van der Waals surface area contributed by atoms with Gasteiger partial charge in [0.2, 0.25) is 5.91 Å². The number of carbonyl (C=O) groups is 2. The smallest absolute Gasteiger partial charge is 0.253 e. The van der Waals surface area contributed by atoms with E-state index in [1.807, 2.05) is 16.7 Å². The average molecular weight is 372 g/mol. The van der Waals surface area contributed by atoms with E-state index in [2.05, 4.69) is 10.6 Å². The molecule has 1 aromatic rings. The fourth-order valence-electron chi connectivity index (χ4n) is 2.64. The van der Waals surface area contributed by atoms with Crippen molar-refractivity contribution in [2.45, 2.75) is 6.04 Å². The number of thioether (sulfide) groups is 1. The summed E-state index contributed by atoms with van der Waals surface area (Å²) in [5, 5.41) is 5.97. The summed E-state index contributed by atoms with van der Waals surface area (Å²) in [7, 11) is 0. The molecule has 132 valence electrons. The number of anilines is 1. The predicted molar refractivity (Wildman–Crippen MR) is 98.2 cm³/mol. The molecule has 1 atom stereocenters. The molecule has 3 rings (SSSR count). The Morgan fingerprint density at radius 3 is 2.79 bits per heavy atom. The summed E-state index contributed by atoms with van der Waals surface area (Å²) in [4.78, 5) is 26.6. The van der Waals surface area contributed by atoms with Crippen molar-refractivity contribution in [3.63, 3.8) is 0 Å². The van der Waals surface area contributed by atoms with Crippen LogP contribution in [0.5, 0.6) is 0 Å². The SMILES string of the molecule is Cl.O=C(Nc1cccc(C(=O)N2CCSCC2)c1)C1COCCN1. The number of benzene rings is 1. The molecule has 1 unspecified atom stereocenters. The molecule has 8 heteroatoms. The van der Waals surface area contributed by atoms with Crippen LogP contribution in [0, 0.1) is 0 Å². The Morgan fingerprint density at radius 2 is 2.08 bits per heavy atom. The minimum Gasteiger partial charge on any atom is -0.378 e. The van der Waals surface area contributed by atoms with Gasteiger partial charge in [0.25, 0.3) is 5.91 Å². The lowest BCUT2D eigenvalue weighted by atomic mass is 10.1. The Kier molecular flexibility index (Phi) is 7.36. The number of rotatable bonds is 3. The highest BCUT2D eigenvalue weighted by molar-refractivity contribution is 7.99. The van der Waals surface area contributed by atoms with Crippen LogP contribution >= 0.6 is 24.2 Å². The monoisotopic (exact) mass is 371 g/mol. The molecule has 6 nitrogen and oxygen atoms in total. The van der Waals surface area contributed by atoms with Crippen LogP contribution in [0.1, 0.15) is 10.4 Å². The second-order valence-corrected chi connectivity index (χ2v) is 6.78. The Labute approximate surface area is 152 Å². The van der Waals surface area contributed by atoms with Crippen molar-refractivity contribution < 1.29 is 14.3 Å². The van der Waals surface area contributed by atoms with Crippen molar-refractivity contribution in [2.75, 3.05) is 49.7 Å². The number of nitrogens with one attached hydrogen (secondary N) is 2. The van der Waals surface area contributed by atoms with Gasteiger partial charge >= 0.3 is 0 Å². The van der Waals surface area contributed by atoms with Crippen molar-refractivity contribution in [3.05, 3.63) is 29.8 Å². The molecule has 1 aromatic carbocycles. The second-order valence-electron chi connectivity index (χ2n) is 5.56. The van der Waals surface area contributed by atoms with Gasteiger partial charge in [-0.2, -0.15) is 11.8 Å². The molecule has 0 saturated carbocycles. The highest BCUT2D eigenvalue weighted by Crippen LogP contribution is 2.16. The Morgan fingerprint density at radius 1 is 1.29 bits per heavy atom. The van der Waals surface area contributed by atoms with E-state index in [1.54, 1.807) is 24.3 Å². The van der Waals surface area contributed by atoms with E-state index in [1.165, 1.54) is 0 Å². The van der Waals surface area contributed by atoms with E-state index in [9.17, 15) is 9.59 Å². The van der Waals surface area contributed by atoms with Crippen molar-refractivity contribution in [1.82, 2.24) is 10.2 Å². The van der Waals surface area contributed by atoms with Gasteiger partial charge in [-0.3, -0.25) is 9.59 Å². The number of ether oxygens (including phenoxy) is 1. The average Bonchev–Trinajstić information content (AvgIpc) is 2.63. The summed E-state index contributed by atoms with van der Waals surface area (Å²) in [6, 6.07) is 6.78. The number of morpholine rings is 1. The van der Waals surface area contributed by atoms with Gasteiger partial charge in [0, 0.05) is 42.4 Å². The molecule has 2 fully saturated rings. The van der Waals surface area contributed by atoms with E-state index >= 15 is 0 Å². The van der Waals surface area contributed by atoms with Crippen LogP contribution < -0.4 is 10.6 Å². The molecule has 2 heterocycles. The minimum atomic E-state index is -0.345. The molecule has 2 aliphatic heterocycles. The van der Waals surface area contributed by atoms with E-state index in [0.29, 0.717) is 31.0 Å². The lowest BCUT2D eigenvalue weighted by Crippen LogP contribution is -2.48. The lowest BCUT2D eigenvalue weighted by Gasteiger charge is -2.26. The van der Waals surface area contributed by atoms with E-state index in [0.717, 1.165) is 24.6 Å². The summed E-state index contributed by atoms with van der Waals surface area (Å²) in [5.74, 6) is 1.86. The highest BCUT2D eigenvalue weighted by atomic mass is 35.5. The number of hydrogen-bond acceptors (Lipinski definition) is 5. The third-order valence-corrected chi connectivity index (χ3v) is 4.86. The van der Waals surface area contributed by atoms with Gasteiger partial charge in [-0.25, -0.2) is 0 Å². The molecule has 0 aromatic heterocycles. The van der Waals surface area contributed by atoms with Gasteiger partial charge < -0.3 is 20.3 Å². The molecule has 2 aliphatic rings. The van der Waals surface area contributed by atoms with Gasteiger partial charge in [0.05, 0.1) is 13.2 Å². The van der Waals surface area contributed by atoms with Crippen molar-refractivity contribution >= 4 is 41.7 Å². The third-order valence-electron chi connectivity index (χ3n) is 3.91. The minimum absolute atomic E-state index is 0. The number of halogens is 1. The van der Waals surface area contributed by atoms with E-state index in [4.69, 9.17) is 4.74 Å². The van der Waals surface area contributed by atoms with Crippen LogP contribution in [0.25, 0.3) is 0 Å². The van der Waals surface area contributed by atoms with Gasteiger partial charge in [-0.15, -0.1) is 12.4 Å². The predicted octanol–water partition coefficient (Wildman–Crippen LogP) is 1.22. The highest BCUT2D eigenvalue weighted by Gasteiger charge is 2.22. The summed E-state index contributed by atoms with van der Waals surface area (Å²) >= 11 is 1.87.